The number of amides is 1. The molecule has 0 spiro atoms. The normalized spacial score (nSPS) is 16.5. The van der Waals surface area contributed by atoms with Gasteiger partial charge in [-0.3, -0.25) is 4.79 Å². The topological polar surface area (TPSA) is 73.0 Å². The van der Waals surface area contributed by atoms with Gasteiger partial charge in [-0.05, 0) is 20.3 Å². The van der Waals surface area contributed by atoms with E-state index in [4.69, 9.17) is 4.52 Å². The van der Waals surface area contributed by atoms with E-state index in [1.807, 2.05) is 43.5 Å². The Morgan fingerprint density at radius 2 is 2.08 bits per heavy atom. The first-order valence-electron chi connectivity index (χ1n) is 8.47. The highest BCUT2D eigenvalue weighted by Crippen LogP contribution is 2.25. The molecule has 0 radical (unpaired) electrons. The molecular formula is C19H20N4O2. The first-order valence-corrected chi connectivity index (χ1v) is 8.47. The predicted octanol–water partition coefficient (Wildman–Crippen LogP) is 2.90. The summed E-state index contributed by atoms with van der Waals surface area (Å²) in [5.74, 6) is 1.49. The van der Waals surface area contributed by atoms with Gasteiger partial charge < -0.3 is 14.4 Å². The van der Waals surface area contributed by atoms with E-state index in [0.717, 1.165) is 36.5 Å². The van der Waals surface area contributed by atoms with Crippen LogP contribution >= 0.6 is 0 Å². The van der Waals surface area contributed by atoms with Crippen molar-refractivity contribution in [2.45, 2.75) is 39.3 Å². The number of carbonyl (C=O) groups excluding carboxylic acids is 1. The van der Waals surface area contributed by atoms with Gasteiger partial charge in [0, 0.05) is 30.8 Å². The number of aromatic nitrogens is 3. The molecule has 6 nitrogen and oxygen atoms in total. The molecule has 0 aliphatic carbocycles. The van der Waals surface area contributed by atoms with Crippen molar-refractivity contribution in [2.24, 2.45) is 0 Å². The quantitative estimate of drug-likeness (QED) is 0.798. The Morgan fingerprint density at radius 3 is 2.88 bits per heavy atom. The summed E-state index contributed by atoms with van der Waals surface area (Å²) in [5, 5.41) is 7.22. The lowest BCUT2D eigenvalue weighted by Gasteiger charge is -2.24. The number of carbonyl (C=O) groups is 1. The molecule has 1 N–H and O–H groups in total. The molecule has 0 fully saturated rings. The molecule has 0 bridgehead atoms. The Bertz CT molecular complexity index is 911. The van der Waals surface area contributed by atoms with Crippen LogP contribution in [0.2, 0.25) is 0 Å². The molecule has 1 atom stereocenters. The molecule has 6 heteroatoms. The van der Waals surface area contributed by atoms with Gasteiger partial charge in [-0.15, -0.1) is 0 Å². The lowest BCUT2D eigenvalue weighted by Crippen LogP contribution is -2.41. The smallest absolute Gasteiger partial charge is 0.257 e. The number of hydrogen-bond acceptors (Lipinski definition) is 4. The largest absolute Gasteiger partial charge is 0.360 e. The molecule has 1 amide bonds. The molecule has 1 aliphatic rings. The van der Waals surface area contributed by atoms with E-state index >= 15 is 0 Å². The Morgan fingerprint density at radius 1 is 1.28 bits per heavy atom. The van der Waals surface area contributed by atoms with Crippen LogP contribution in [0, 0.1) is 13.8 Å². The van der Waals surface area contributed by atoms with E-state index in [-0.39, 0.29) is 11.9 Å². The fourth-order valence-electron chi connectivity index (χ4n) is 3.39. The van der Waals surface area contributed by atoms with Gasteiger partial charge in [0.15, 0.2) is 0 Å². The predicted molar refractivity (Wildman–Crippen MR) is 93.2 cm³/mol. The minimum absolute atomic E-state index is 0.0755. The van der Waals surface area contributed by atoms with E-state index in [1.165, 1.54) is 0 Å². The third-order valence-corrected chi connectivity index (χ3v) is 4.59. The molecule has 1 aromatic carbocycles. The summed E-state index contributed by atoms with van der Waals surface area (Å²) < 4.78 is 7.42. The zero-order valence-electron chi connectivity index (χ0n) is 14.3. The minimum atomic E-state index is -0.136. The van der Waals surface area contributed by atoms with E-state index in [9.17, 15) is 4.79 Å². The summed E-state index contributed by atoms with van der Waals surface area (Å²) >= 11 is 0. The van der Waals surface area contributed by atoms with Crippen molar-refractivity contribution >= 4 is 5.91 Å². The van der Waals surface area contributed by atoms with Gasteiger partial charge in [0.1, 0.15) is 22.8 Å². The number of fused-ring (bicyclic) bond motifs is 1. The molecule has 128 valence electrons. The van der Waals surface area contributed by atoms with Gasteiger partial charge in [-0.25, -0.2) is 4.98 Å². The second-order valence-electron chi connectivity index (χ2n) is 6.49. The van der Waals surface area contributed by atoms with Crippen LogP contribution in [-0.2, 0) is 13.0 Å². The fraction of sp³-hybridized carbons (Fsp3) is 0.316. The SMILES string of the molecule is Cc1cn2c(n1)CC[C@H](NC(=O)c1c(-c3ccccc3)noc1C)C2. The number of aryl methyl sites for hydroxylation is 3. The van der Waals surface area contributed by atoms with Crippen LogP contribution in [-0.4, -0.2) is 26.7 Å². The van der Waals surface area contributed by atoms with E-state index in [1.54, 1.807) is 6.92 Å². The van der Waals surface area contributed by atoms with Gasteiger partial charge in [-0.2, -0.15) is 0 Å². The molecule has 0 saturated heterocycles. The summed E-state index contributed by atoms with van der Waals surface area (Å²) in [6.07, 6.45) is 3.79. The third-order valence-electron chi connectivity index (χ3n) is 4.59. The summed E-state index contributed by atoms with van der Waals surface area (Å²) in [7, 11) is 0. The van der Waals surface area contributed by atoms with Crippen molar-refractivity contribution < 1.29 is 9.32 Å². The summed E-state index contributed by atoms with van der Waals surface area (Å²) in [5.41, 5.74) is 2.99. The lowest BCUT2D eigenvalue weighted by molar-refractivity contribution is 0.0926. The zero-order chi connectivity index (χ0) is 17.4. The molecule has 4 rings (SSSR count). The van der Waals surface area contributed by atoms with Crippen LogP contribution in [0.4, 0.5) is 0 Å². The van der Waals surface area contributed by atoms with Crippen molar-refractivity contribution in [3.63, 3.8) is 0 Å². The Balaban J connectivity index is 1.55. The number of hydrogen-bond donors (Lipinski definition) is 1. The van der Waals surface area contributed by atoms with Crippen LogP contribution < -0.4 is 5.32 Å². The van der Waals surface area contributed by atoms with Crippen LogP contribution in [0.5, 0.6) is 0 Å². The van der Waals surface area contributed by atoms with Crippen LogP contribution in [0.15, 0.2) is 41.1 Å². The highest BCUT2D eigenvalue weighted by molar-refractivity contribution is 6.00. The Labute approximate surface area is 145 Å². The van der Waals surface area contributed by atoms with Crippen molar-refractivity contribution in [2.75, 3.05) is 0 Å². The molecule has 0 unspecified atom stereocenters. The first kappa shape index (κ1) is 15.6. The summed E-state index contributed by atoms with van der Waals surface area (Å²) in [6, 6.07) is 9.70. The van der Waals surface area contributed by atoms with Crippen LogP contribution in [0.1, 0.15) is 34.1 Å². The standard InChI is InChI=1S/C19H20N4O2/c1-12-10-23-11-15(8-9-16(23)20-12)21-19(24)17-13(2)25-22-18(17)14-6-4-3-5-7-14/h3-7,10,15H,8-9,11H2,1-2H3,(H,21,24)/t15-/m0/s1. The molecule has 0 saturated carbocycles. The Kier molecular flexibility index (Phi) is 3.87. The second kappa shape index (κ2) is 6.20. The zero-order valence-corrected chi connectivity index (χ0v) is 14.3. The molecule has 3 aromatic rings. The number of nitrogens with zero attached hydrogens (tertiary/aromatic N) is 3. The molecule has 3 heterocycles. The van der Waals surface area contributed by atoms with Gasteiger partial charge in [0.2, 0.25) is 0 Å². The van der Waals surface area contributed by atoms with Crippen molar-refractivity contribution in [3.05, 3.63) is 59.4 Å². The maximum atomic E-state index is 12.9. The van der Waals surface area contributed by atoms with E-state index in [2.05, 4.69) is 20.0 Å². The Hall–Kier alpha value is -2.89. The third kappa shape index (κ3) is 2.95. The molecular weight excluding hydrogens is 316 g/mol. The number of imidazole rings is 1. The van der Waals surface area contributed by atoms with Gasteiger partial charge in [0.05, 0.1) is 5.69 Å². The van der Waals surface area contributed by atoms with Crippen molar-refractivity contribution in [1.82, 2.24) is 20.0 Å². The average molecular weight is 336 g/mol. The highest BCUT2D eigenvalue weighted by atomic mass is 16.5. The molecule has 1 aliphatic heterocycles. The highest BCUT2D eigenvalue weighted by Gasteiger charge is 2.26. The van der Waals surface area contributed by atoms with Crippen molar-refractivity contribution in [3.8, 4) is 11.3 Å². The number of nitrogens with one attached hydrogen (secondary N) is 1. The van der Waals surface area contributed by atoms with Gasteiger partial charge >= 0.3 is 0 Å². The van der Waals surface area contributed by atoms with Crippen LogP contribution in [0.3, 0.4) is 0 Å². The van der Waals surface area contributed by atoms with Gasteiger partial charge in [-0.1, -0.05) is 35.5 Å². The average Bonchev–Trinajstić information content (AvgIpc) is 3.17. The van der Waals surface area contributed by atoms with E-state index < -0.39 is 0 Å². The first-order chi connectivity index (χ1) is 12.1. The maximum Gasteiger partial charge on any atom is 0.257 e. The van der Waals surface area contributed by atoms with Crippen LogP contribution in [0.25, 0.3) is 11.3 Å². The monoisotopic (exact) mass is 336 g/mol. The minimum Gasteiger partial charge on any atom is -0.360 e. The molecule has 25 heavy (non-hydrogen) atoms. The molecule has 2 aromatic heterocycles. The summed E-state index contributed by atoms with van der Waals surface area (Å²) in [4.78, 5) is 17.4. The fourth-order valence-corrected chi connectivity index (χ4v) is 3.39. The summed E-state index contributed by atoms with van der Waals surface area (Å²) in [6.45, 7) is 4.50. The van der Waals surface area contributed by atoms with Gasteiger partial charge in [0.25, 0.3) is 5.91 Å². The second-order valence-corrected chi connectivity index (χ2v) is 6.49. The number of benzene rings is 1. The maximum absolute atomic E-state index is 12.9. The number of rotatable bonds is 3. The van der Waals surface area contributed by atoms with E-state index in [0.29, 0.717) is 17.0 Å². The van der Waals surface area contributed by atoms with Crippen molar-refractivity contribution in [1.29, 1.82) is 0 Å². The lowest BCUT2D eigenvalue weighted by atomic mass is 10.0.